The van der Waals surface area contributed by atoms with Crippen molar-refractivity contribution >= 4 is 99.2 Å². The summed E-state index contributed by atoms with van der Waals surface area (Å²) >= 11 is 1.76. The summed E-state index contributed by atoms with van der Waals surface area (Å²) in [5.41, 5.74) is 15.1. The summed E-state index contributed by atoms with van der Waals surface area (Å²) in [6, 6.07) is 88.8. The summed E-state index contributed by atoms with van der Waals surface area (Å²) in [6.07, 6.45) is 0. The maximum atomic E-state index is 6.22. The molecule has 0 aliphatic carbocycles. The van der Waals surface area contributed by atoms with Gasteiger partial charge in [-0.2, -0.15) is 0 Å². The second-order valence-corrected chi connectivity index (χ2v) is 18.1. The summed E-state index contributed by atoms with van der Waals surface area (Å²) in [6.45, 7) is 0. The lowest BCUT2D eigenvalue weighted by molar-refractivity contribution is 0.669. The molecule has 0 saturated carbocycles. The van der Waals surface area contributed by atoms with E-state index in [2.05, 4.69) is 246 Å². The molecule has 0 bridgehead atoms. The molecular weight excluding hydrogens is 847 g/mol. The highest BCUT2D eigenvalue weighted by Crippen LogP contribution is 2.45. The lowest BCUT2D eigenvalue weighted by Crippen LogP contribution is -2.09. The molecule has 0 spiro atoms. The number of nitrogens with zero attached hydrogens (tertiary/aromatic N) is 3. The molecule has 0 atom stereocenters. The number of para-hydroxylation sites is 5. The van der Waals surface area contributed by atoms with Crippen LogP contribution in [0.5, 0.6) is 0 Å². The first-order chi connectivity index (χ1) is 33.7. The van der Waals surface area contributed by atoms with E-state index in [0.717, 1.165) is 99.8 Å². The van der Waals surface area contributed by atoms with E-state index in [1.807, 2.05) is 12.1 Å². The Morgan fingerprint density at radius 2 is 0.721 bits per heavy atom. The molecule has 13 aromatic rings. The first-order valence-electron chi connectivity index (χ1n) is 22.9. The van der Waals surface area contributed by atoms with E-state index in [0.29, 0.717) is 0 Å². The van der Waals surface area contributed by atoms with Gasteiger partial charge < -0.3 is 14.2 Å². The number of fused-ring (bicyclic) bond motifs is 9. The summed E-state index contributed by atoms with van der Waals surface area (Å²) in [4.78, 5) is 10.1. The quantitative estimate of drug-likeness (QED) is 0.135. The van der Waals surface area contributed by atoms with E-state index in [9.17, 15) is 0 Å². The smallest absolute Gasteiger partial charge is 0.135 e. The number of hydrogen-bond acceptors (Lipinski definition) is 5. The van der Waals surface area contributed by atoms with E-state index in [1.165, 1.54) is 20.9 Å². The van der Waals surface area contributed by atoms with Gasteiger partial charge in [0.1, 0.15) is 16.2 Å². The van der Waals surface area contributed by atoms with Gasteiger partial charge in [0.2, 0.25) is 0 Å². The highest BCUT2D eigenvalue weighted by Gasteiger charge is 2.20. The fourth-order valence-electron chi connectivity index (χ4n) is 9.82. The SMILES string of the molecule is c1ccc(N(c2ccccc2)c2cccc(-c3ccc4c(c3)c3cc(-c5cccc(N(c6ccccc6)c6ccccc6)c5)ccc3c3sc(-c5ccc6oc7ccccc7c6c5)nc43)c2)cc1. The first kappa shape index (κ1) is 39.6. The Morgan fingerprint density at radius 3 is 1.28 bits per heavy atom. The zero-order valence-corrected chi connectivity index (χ0v) is 37.6. The topological polar surface area (TPSA) is 32.5 Å². The lowest BCUT2D eigenvalue weighted by Gasteiger charge is -2.26. The molecule has 0 N–H and O–H groups in total. The molecule has 0 amide bonds. The van der Waals surface area contributed by atoms with Gasteiger partial charge in [0.05, 0.1) is 10.2 Å². The van der Waals surface area contributed by atoms with Crippen molar-refractivity contribution in [2.75, 3.05) is 9.80 Å². The van der Waals surface area contributed by atoms with E-state index in [4.69, 9.17) is 9.40 Å². The Balaban J connectivity index is 0.993. The zero-order chi connectivity index (χ0) is 45.0. The zero-order valence-electron chi connectivity index (χ0n) is 36.8. The van der Waals surface area contributed by atoms with E-state index in [1.54, 1.807) is 11.3 Å². The Labute approximate surface area is 397 Å². The molecule has 0 aliphatic heterocycles. The van der Waals surface area contributed by atoms with Gasteiger partial charge in [-0.25, -0.2) is 4.98 Å². The van der Waals surface area contributed by atoms with Crippen LogP contribution >= 0.6 is 11.3 Å². The van der Waals surface area contributed by atoms with Gasteiger partial charge in [0.15, 0.2) is 0 Å². The predicted octanol–water partition coefficient (Wildman–Crippen LogP) is 18.4. The standard InChI is InChI=1S/C63H41N3OS/c1-5-19-47(20-6-1)65(48-21-7-2-8-22-48)51-27-15-17-42(37-51)44-31-34-54-56(39-44)57-40-45(43-18-16-28-52(38-43)66(49-23-9-3-10-24-49)50-25-11-4-12-26-50)32-35-55(57)62-61(54)64-63(68-62)46-33-36-60-58(41-46)53-29-13-14-30-59(53)67-60/h1-41H. The van der Waals surface area contributed by atoms with Gasteiger partial charge in [-0.15, -0.1) is 11.3 Å². The van der Waals surface area contributed by atoms with Crippen molar-refractivity contribution in [2.45, 2.75) is 0 Å². The number of rotatable bonds is 9. The minimum Gasteiger partial charge on any atom is -0.456 e. The molecule has 0 fully saturated rings. The Morgan fingerprint density at radius 1 is 0.294 bits per heavy atom. The number of aromatic nitrogens is 1. The van der Waals surface area contributed by atoms with Crippen molar-refractivity contribution in [3.63, 3.8) is 0 Å². The molecular formula is C63H41N3OS. The maximum Gasteiger partial charge on any atom is 0.135 e. The molecule has 0 saturated heterocycles. The molecule has 0 radical (unpaired) electrons. The number of hydrogen-bond donors (Lipinski definition) is 0. The van der Waals surface area contributed by atoms with Crippen molar-refractivity contribution < 1.29 is 4.42 Å². The van der Waals surface area contributed by atoms with Gasteiger partial charge in [-0.1, -0.05) is 140 Å². The van der Waals surface area contributed by atoms with Gasteiger partial charge in [0, 0.05) is 61.2 Å². The number of anilines is 6. The summed E-state index contributed by atoms with van der Waals surface area (Å²) < 4.78 is 7.40. The molecule has 5 heteroatoms. The fraction of sp³-hybridized carbons (Fsp3) is 0. The van der Waals surface area contributed by atoms with Crippen LogP contribution < -0.4 is 9.80 Å². The third kappa shape index (κ3) is 6.96. The van der Waals surface area contributed by atoms with Crippen LogP contribution in [0.2, 0.25) is 0 Å². The van der Waals surface area contributed by atoms with Gasteiger partial charge in [-0.05, 0) is 142 Å². The Hall–Kier alpha value is -8.77. The molecule has 0 unspecified atom stereocenters. The molecule has 2 heterocycles. The van der Waals surface area contributed by atoms with Crippen LogP contribution in [-0.4, -0.2) is 4.98 Å². The van der Waals surface area contributed by atoms with Gasteiger partial charge in [-0.3, -0.25) is 0 Å². The average Bonchev–Trinajstić information content (AvgIpc) is 4.03. The van der Waals surface area contributed by atoms with Crippen LogP contribution in [0.15, 0.2) is 253 Å². The average molecular weight is 888 g/mol. The van der Waals surface area contributed by atoms with Crippen LogP contribution in [-0.2, 0) is 0 Å². The van der Waals surface area contributed by atoms with Crippen molar-refractivity contribution in [1.29, 1.82) is 0 Å². The minimum atomic E-state index is 0.881. The molecule has 68 heavy (non-hydrogen) atoms. The predicted molar refractivity (Wildman–Crippen MR) is 288 cm³/mol. The van der Waals surface area contributed by atoms with Gasteiger partial charge >= 0.3 is 0 Å². The number of furan rings is 1. The molecule has 4 nitrogen and oxygen atoms in total. The first-order valence-corrected chi connectivity index (χ1v) is 23.7. The number of thiazole rings is 1. The van der Waals surface area contributed by atoms with Crippen molar-refractivity contribution in [3.8, 4) is 32.8 Å². The summed E-state index contributed by atoms with van der Waals surface area (Å²) in [5.74, 6) is 0. The van der Waals surface area contributed by atoms with Crippen molar-refractivity contribution in [2.24, 2.45) is 0 Å². The maximum absolute atomic E-state index is 6.22. The number of benzene rings is 11. The Bertz CT molecular complexity index is 3700. The fourth-order valence-corrected chi connectivity index (χ4v) is 10.9. The summed E-state index contributed by atoms with van der Waals surface area (Å²) in [5, 5.41) is 7.87. The van der Waals surface area contributed by atoms with Crippen LogP contribution in [0.25, 0.3) is 86.5 Å². The lowest BCUT2D eigenvalue weighted by atomic mass is 9.93. The normalized spacial score (nSPS) is 11.5. The highest BCUT2D eigenvalue weighted by molar-refractivity contribution is 7.22. The molecule has 2 aromatic heterocycles. The molecule has 320 valence electrons. The third-order valence-electron chi connectivity index (χ3n) is 13.0. The molecule has 0 aliphatic rings. The van der Waals surface area contributed by atoms with Crippen LogP contribution in [0.1, 0.15) is 0 Å². The van der Waals surface area contributed by atoms with E-state index >= 15 is 0 Å². The van der Waals surface area contributed by atoms with Crippen molar-refractivity contribution in [3.05, 3.63) is 249 Å². The monoisotopic (exact) mass is 887 g/mol. The highest BCUT2D eigenvalue weighted by atomic mass is 32.1. The summed E-state index contributed by atoms with van der Waals surface area (Å²) in [7, 11) is 0. The second kappa shape index (κ2) is 16.6. The molecule has 13 rings (SSSR count). The van der Waals surface area contributed by atoms with Crippen molar-refractivity contribution in [1.82, 2.24) is 4.98 Å². The van der Waals surface area contributed by atoms with Crippen LogP contribution in [0.3, 0.4) is 0 Å². The van der Waals surface area contributed by atoms with E-state index < -0.39 is 0 Å². The van der Waals surface area contributed by atoms with Crippen LogP contribution in [0, 0.1) is 0 Å². The van der Waals surface area contributed by atoms with E-state index in [-0.39, 0.29) is 0 Å². The van der Waals surface area contributed by atoms with Crippen LogP contribution in [0.4, 0.5) is 34.1 Å². The third-order valence-corrected chi connectivity index (χ3v) is 14.2. The Kier molecular flexibility index (Phi) is 9.66. The second-order valence-electron chi connectivity index (χ2n) is 17.1. The molecule has 11 aromatic carbocycles. The van der Waals surface area contributed by atoms with Gasteiger partial charge in [0.25, 0.3) is 0 Å². The largest absolute Gasteiger partial charge is 0.456 e. The minimum absolute atomic E-state index is 0.881.